The summed E-state index contributed by atoms with van der Waals surface area (Å²) < 4.78 is 21.9. The Morgan fingerprint density at radius 2 is 1.95 bits per heavy atom. The fourth-order valence-electron chi connectivity index (χ4n) is 2.59. The van der Waals surface area contributed by atoms with Gasteiger partial charge >= 0.3 is 5.97 Å². The molecule has 118 valence electrons. The van der Waals surface area contributed by atoms with Crippen LogP contribution in [0.15, 0.2) is 30.3 Å². The predicted octanol–water partition coefficient (Wildman–Crippen LogP) is 1.22. The van der Waals surface area contributed by atoms with Crippen LogP contribution in [0.4, 0.5) is 0 Å². The predicted molar refractivity (Wildman–Crippen MR) is 74.8 cm³/mol. The Labute approximate surface area is 128 Å². The third-order valence-corrected chi connectivity index (χ3v) is 3.67. The lowest BCUT2D eigenvalue weighted by Gasteiger charge is -2.23. The number of esters is 1. The normalized spacial score (nSPS) is 30.5. The Bertz CT molecular complexity index is 567. The van der Waals surface area contributed by atoms with Gasteiger partial charge in [0.1, 0.15) is 6.10 Å². The van der Waals surface area contributed by atoms with E-state index in [1.807, 2.05) is 30.3 Å². The van der Waals surface area contributed by atoms with E-state index in [-0.39, 0.29) is 13.2 Å². The number of carbonyl (C=O) groups is 2. The second-order valence-electron chi connectivity index (χ2n) is 5.82. The number of benzene rings is 1. The van der Waals surface area contributed by atoms with Gasteiger partial charge in [0, 0.05) is 0 Å². The summed E-state index contributed by atoms with van der Waals surface area (Å²) in [4.78, 5) is 23.5. The molecule has 0 radical (unpaired) electrons. The van der Waals surface area contributed by atoms with E-state index in [0.29, 0.717) is 0 Å². The van der Waals surface area contributed by atoms with E-state index in [4.69, 9.17) is 18.9 Å². The van der Waals surface area contributed by atoms with Crippen molar-refractivity contribution in [3.05, 3.63) is 35.9 Å². The monoisotopic (exact) mass is 306 g/mol. The molecule has 22 heavy (non-hydrogen) atoms. The van der Waals surface area contributed by atoms with E-state index in [1.54, 1.807) is 13.8 Å². The third-order valence-electron chi connectivity index (χ3n) is 3.67. The van der Waals surface area contributed by atoms with Crippen LogP contribution in [0.1, 0.15) is 19.4 Å². The molecule has 0 saturated carbocycles. The maximum absolute atomic E-state index is 12.0. The van der Waals surface area contributed by atoms with E-state index in [2.05, 4.69) is 0 Å². The smallest absolute Gasteiger partial charge is 0.378 e. The Balaban J connectivity index is 1.69. The first kappa shape index (κ1) is 15.1. The Hall–Kier alpha value is -1.76. The molecule has 2 saturated heterocycles. The summed E-state index contributed by atoms with van der Waals surface area (Å²) in [6.07, 6.45) is -2.24. The maximum Gasteiger partial charge on any atom is 0.378 e. The lowest BCUT2D eigenvalue weighted by atomic mass is 10.1. The van der Waals surface area contributed by atoms with Gasteiger partial charge in [-0.2, -0.15) is 0 Å². The van der Waals surface area contributed by atoms with E-state index in [0.717, 1.165) is 5.56 Å². The first-order chi connectivity index (χ1) is 10.5. The molecule has 2 aliphatic rings. The van der Waals surface area contributed by atoms with Crippen LogP contribution in [0.3, 0.4) is 0 Å². The fourth-order valence-corrected chi connectivity index (χ4v) is 2.59. The van der Waals surface area contributed by atoms with Crippen LogP contribution in [-0.4, -0.2) is 42.5 Å². The molecular formula is C16H18O6. The van der Waals surface area contributed by atoms with Crippen molar-refractivity contribution in [1.82, 2.24) is 0 Å². The molecule has 3 rings (SSSR count). The summed E-state index contributed by atoms with van der Waals surface area (Å²) in [7, 11) is 0. The summed E-state index contributed by atoms with van der Waals surface area (Å²) in [5, 5.41) is 0. The van der Waals surface area contributed by atoms with Gasteiger partial charge in [0.05, 0.1) is 13.2 Å². The molecule has 2 fully saturated rings. The zero-order valence-corrected chi connectivity index (χ0v) is 12.5. The molecule has 3 atom stereocenters. The molecule has 1 aromatic rings. The van der Waals surface area contributed by atoms with Crippen LogP contribution in [0, 0.1) is 0 Å². The Morgan fingerprint density at radius 1 is 1.23 bits per heavy atom. The molecule has 1 unspecified atom stereocenters. The van der Waals surface area contributed by atoms with Crippen LogP contribution >= 0.6 is 0 Å². The number of hydrogen-bond donors (Lipinski definition) is 0. The van der Waals surface area contributed by atoms with E-state index < -0.39 is 35.9 Å². The molecule has 6 nitrogen and oxygen atoms in total. The van der Waals surface area contributed by atoms with Gasteiger partial charge in [-0.3, -0.25) is 4.79 Å². The second kappa shape index (κ2) is 5.79. The Kier molecular flexibility index (Phi) is 3.99. The zero-order valence-electron chi connectivity index (χ0n) is 12.5. The van der Waals surface area contributed by atoms with Gasteiger partial charge in [-0.1, -0.05) is 30.3 Å². The molecule has 6 heteroatoms. The van der Waals surface area contributed by atoms with Crippen LogP contribution < -0.4 is 0 Å². The Morgan fingerprint density at radius 3 is 2.59 bits per heavy atom. The average molecular weight is 306 g/mol. The van der Waals surface area contributed by atoms with Crippen molar-refractivity contribution in [3.8, 4) is 0 Å². The summed E-state index contributed by atoms with van der Waals surface area (Å²) in [5.74, 6) is -2.31. The molecule has 2 heterocycles. The maximum atomic E-state index is 12.0. The highest BCUT2D eigenvalue weighted by Crippen LogP contribution is 2.30. The van der Waals surface area contributed by atoms with Gasteiger partial charge < -0.3 is 18.9 Å². The van der Waals surface area contributed by atoms with Crippen LogP contribution in [-0.2, 0) is 35.1 Å². The van der Waals surface area contributed by atoms with Gasteiger partial charge in [-0.05, 0) is 19.4 Å². The van der Waals surface area contributed by atoms with Crippen molar-refractivity contribution in [1.29, 1.82) is 0 Å². The largest absolute Gasteiger partial charge is 0.450 e. The molecule has 0 N–H and O–H groups in total. The number of hydrogen-bond acceptors (Lipinski definition) is 6. The molecule has 0 spiro atoms. The SMILES string of the molecule is CC1(C)OC[C@@H]([C@H]2OC(=O)C(=O)C2OCc2ccccc2)O1. The number of Topliss-reactive ketones (excluding diaryl/α,β-unsaturated/α-hetero) is 1. The molecule has 0 amide bonds. The van der Waals surface area contributed by atoms with E-state index in [1.165, 1.54) is 0 Å². The standard InChI is InChI=1S/C16H18O6/c1-16(2)20-9-11(22-16)13-14(12(17)15(18)21-13)19-8-10-6-4-3-5-7-10/h3-7,11,13-14H,8-9H2,1-2H3/t11-,13+,14?/m0/s1. The quantitative estimate of drug-likeness (QED) is 0.615. The number of carbonyl (C=O) groups excluding carboxylic acids is 2. The molecular weight excluding hydrogens is 288 g/mol. The van der Waals surface area contributed by atoms with Gasteiger partial charge in [0.25, 0.3) is 5.78 Å². The van der Waals surface area contributed by atoms with Crippen molar-refractivity contribution in [3.63, 3.8) is 0 Å². The summed E-state index contributed by atoms with van der Waals surface area (Å²) in [6, 6.07) is 9.42. The molecule has 0 aromatic heterocycles. The third kappa shape index (κ3) is 3.04. The van der Waals surface area contributed by atoms with Gasteiger partial charge in [0.2, 0.25) is 0 Å². The molecule has 2 aliphatic heterocycles. The number of ketones is 1. The second-order valence-corrected chi connectivity index (χ2v) is 5.82. The molecule has 0 aliphatic carbocycles. The molecule has 0 bridgehead atoms. The topological polar surface area (TPSA) is 71.1 Å². The van der Waals surface area contributed by atoms with Gasteiger partial charge in [0.15, 0.2) is 18.0 Å². The number of ether oxygens (including phenoxy) is 4. The van der Waals surface area contributed by atoms with Crippen LogP contribution in [0.2, 0.25) is 0 Å². The summed E-state index contributed by atoms with van der Waals surface area (Å²) in [6.45, 7) is 4.02. The minimum atomic E-state index is -0.963. The van der Waals surface area contributed by atoms with Gasteiger partial charge in [-0.15, -0.1) is 0 Å². The minimum Gasteiger partial charge on any atom is -0.450 e. The lowest BCUT2D eigenvalue weighted by molar-refractivity contribution is -0.168. The highest BCUT2D eigenvalue weighted by atomic mass is 16.8. The van der Waals surface area contributed by atoms with E-state index in [9.17, 15) is 9.59 Å². The highest BCUT2D eigenvalue weighted by molar-refractivity contribution is 6.37. The summed E-state index contributed by atoms with van der Waals surface area (Å²) >= 11 is 0. The van der Waals surface area contributed by atoms with E-state index >= 15 is 0 Å². The summed E-state index contributed by atoms with van der Waals surface area (Å²) in [5.41, 5.74) is 0.914. The van der Waals surface area contributed by atoms with Gasteiger partial charge in [-0.25, -0.2) is 4.79 Å². The first-order valence-electron chi connectivity index (χ1n) is 7.18. The van der Waals surface area contributed by atoms with Crippen molar-refractivity contribution < 1.29 is 28.5 Å². The average Bonchev–Trinajstić information content (AvgIpc) is 2.99. The number of cyclic esters (lactones) is 1. The van der Waals surface area contributed by atoms with Crippen molar-refractivity contribution in [2.75, 3.05) is 6.61 Å². The van der Waals surface area contributed by atoms with Crippen LogP contribution in [0.5, 0.6) is 0 Å². The fraction of sp³-hybridized carbons (Fsp3) is 0.500. The highest BCUT2D eigenvalue weighted by Gasteiger charge is 2.52. The molecule has 1 aromatic carbocycles. The number of rotatable bonds is 4. The minimum absolute atomic E-state index is 0.224. The zero-order chi connectivity index (χ0) is 15.7. The van der Waals surface area contributed by atoms with Crippen LogP contribution in [0.25, 0.3) is 0 Å². The van der Waals surface area contributed by atoms with Crippen molar-refractivity contribution in [2.45, 2.75) is 44.6 Å². The van der Waals surface area contributed by atoms with Crippen molar-refractivity contribution in [2.24, 2.45) is 0 Å². The van der Waals surface area contributed by atoms with Crippen molar-refractivity contribution >= 4 is 11.8 Å². The first-order valence-corrected chi connectivity index (χ1v) is 7.18. The lowest BCUT2D eigenvalue weighted by Crippen LogP contribution is -2.41.